The van der Waals surface area contributed by atoms with Gasteiger partial charge in [-0.05, 0) is 76.4 Å². The van der Waals surface area contributed by atoms with Crippen molar-refractivity contribution in [3.8, 4) is 17.2 Å². The molecule has 0 unspecified atom stereocenters. The number of benzene rings is 3. The minimum atomic E-state index is -1.08. The van der Waals surface area contributed by atoms with Crippen LogP contribution in [0.1, 0.15) is 16.7 Å². The first kappa shape index (κ1) is 22.2. The zero-order valence-corrected chi connectivity index (χ0v) is 19.1. The molecule has 1 heterocycles. The van der Waals surface area contributed by atoms with Crippen molar-refractivity contribution in [2.24, 2.45) is 0 Å². The highest BCUT2D eigenvalue weighted by atomic mass is 79.9. The van der Waals surface area contributed by atoms with Crippen LogP contribution in [-0.4, -0.2) is 29.1 Å². The molecule has 1 aliphatic rings. The Hall–Kier alpha value is -2.98. The Balaban J connectivity index is 1.56. The summed E-state index contributed by atoms with van der Waals surface area (Å²) in [6.45, 7) is 1.49. The molecule has 160 valence electrons. The fourth-order valence-electron chi connectivity index (χ4n) is 3.86. The molecule has 0 atom stereocenters. The van der Waals surface area contributed by atoms with Gasteiger partial charge in [0.25, 0.3) is 0 Å². The Labute approximate surface area is 198 Å². The Bertz CT molecular complexity index is 1250. The Kier molecular flexibility index (Phi) is 6.43. The molecule has 4 rings (SSSR count). The first-order chi connectivity index (χ1) is 15.3. The molecule has 3 aromatic rings. The molecule has 4 nitrogen and oxygen atoms in total. The van der Waals surface area contributed by atoms with Crippen molar-refractivity contribution in [1.82, 2.24) is 4.90 Å². The zero-order chi connectivity index (χ0) is 22.8. The first-order valence-electron chi connectivity index (χ1n) is 9.76. The maximum atomic E-state index is 13.8. The third-order valence-corrected chi connectivity index (χ3v) is 5.96. The largest absolute Gasteiger partial charge is 0.478 e. The summed E-state index contributed by atoms with van der Waals surface area (Å²) in [6.07, 6.45) is 0. The van der Waals surface area contributed by atoms with E-state index in [0.29, 0.717) is 40.3 Å². The Morgan fingerprint density at radius 3 is 2.44 bits per heavy atom. The molecule has 0 spiro atoms. The van der Waals surface area contributed by atoms with Crippen molar-refractivity contribution in [2.75, 3.05) is 13.1 Å². The molecule has 0 aromatic heterocycles. The van der Waals surface area contributed by atoms with E-state index in [4.69, 9.17) is 11.6 Å². The lowest BCUT2D eigenvalue weighted by Crippen LogP contribution is -2.40. The van der Waals surface area contributed by atoms with E-state index in [1.165, 1.54) is 12.1 Å². The van der Waals surface area contributed by atoms with E-state index < -0.39 is 11.8 Å². The number of rotatable bonds is 5. The Morgan fingerprint density at radius 2 is 1.81 bits per heavy atom. The summed E-state index contributed by atoms with van der Waals surface area (Å²) < 4.78 is 14.3. The lowest BCUT2D eigenvalue weighted by Gasteiger charge is -2.35. The van der Waals surface area contributed by atoms with Crippen molar-refractivity contribution in [3.63, 3.8) is 0 Å². The van der Waals surface area contributed by atoms with Crippen molar-refractivity contribution in [1.29, 1.82) is 5.26 Å². The van der Waals surface area contributed by atoms with Crippen LogP contribution in [-0.2, 0) is 11.3 Å². The molecule has 0 aliphatic carbocycles. The van der Waals surface area contributed by atoms with Crippen LogP contribution < -0.4 is 0 Å². The fourth-order valence-corrected chi connectivity index (χ4v) is 4.45. The number of hydrogen-bond acceptors (Lipinski definition) is 3. The van der Waals surface area contributed by atoms with Crippen molar-refractivity contribution < 1.29 is 14.3 Å². The van der Waals surface area contributed by atoms with Crippen LogP contribution in [0.3, 0.4) is 0 Å². The van der Waals surface area contributed by atoms with Crippen LogP contribution in [0.2, 0.25) is 5.02 Å². The highest BCUT2D eigenvalue weighted by Gasteiger charge is 2.28. The third-order valence-electron chi connectivity index (χ3n) is 5.25. The van der Waals surface area contributed by atoms with E-state index in [2.05, 4.69) is 26.9 Å². The summed E-state index contributed by atoms with van der Waals surface area (Å²) in [5, 5.41) is 19.8. The summed E-state index contributed by atoms with van der Waals surface area (Å²) in [7, 11) is 0. The van der Waals surface area contributed by atoms with Crippen LogP contribution in [0.25, 0.3) is 16.7 Å². The number of aliphatic carboxylic acids is 1. The van der Waals surface area contributed by atoms with Gasteiger partial charge in [-0.15, -0.1) is 0 Å². The zero-order valence-electron chi connectivity index (χ0n) is 16.8. The van der Waals surface area contributed by atoms with Gasteiger partial charge < -0.3 is 5.11 Å². The van der Waals surface area contributed by atoms with Crippen molar-refractivity contribution in [2.45, 2.75) is 6.54 Å². The molecular weight excluding hydrogens is 495 g/mol. The second kappa shape index (κ2) is 9.25. The number of carboxylic acids is 1. The van der Waals surface area contributed by atoms with Crippen molar-refractivity contribution >= 4 is 39.1 Å². The topological polar surface area (TPSA) is 64.3 Å². The molecule has 3 aromatic carbocycles. The van der Waals surface area contributed by atoms with Gasteiger partial charge in [-0.1, -0.05) is 39.7 Å². The van der Waals surface area contributed by atoms with Gasteiger partial charge in [-0.25, -0.2) is 9.18 Å². The van der Waals surface area contributed by atoms with E-state index in [1.54, 1.807) is 18.2 Å². The minimum absolute atomic E-state index is 0.133. The molecule has 7 heteroatoms. The second-order valence-electron chi connectivity index (χ2n) is 7.62. The van der Waals surface area contributed by atoms with Gasteiger partial charge in [0.2, 0.25) is 0 Å². The number of likely N-dealkylation sites (tertiary alicyclic amines) is 1. The van der Waals surface area contributed by atoms with Crippen LogP contribution in [0.15, 0.2) is 70.7 Å². The fraction of sp³-hybridized carbons (Fsp3) is 0.120. The quantitative estimate of drug-likeness (QED) is 0.418. The van der Waals surface area contributed by atoms with E-state index in [-0.39, 0.29) is 5.57 Å². The van der Waals surface area contributed by atoms with Crippen LogP contribution in [0.5, 0.6) is 0 Å². The second-order valence-corrected chi connectivity index (χ2v) is 8.98. The molecule has 1 saturated heterocycles. The third kappa shape index (κ3) is 4.91. The average Bonchev–Trinajstić information content (AvgIpc) is 2.71. The van der Waals surface area contributed by atoms with E-state index in [9.17, 15) is 19.6 Å². The monoisotopic (exact) mass is 510 g/mol. The van der Waals surface area contributed by atoms with E-state index in [0.717, 1.165) is 22.3 Å². The number of nitrogens with zero attached hydrogens (tertiary/aromatic N) is 2. The van der Waals surface area contributed by atoms with Crippen LogP contribution in [0.4, 0.5) is 4.39 Å². The summed E-state index contributed by atoms with van der Waals surface area (Å²) in [5.74, 6) is -1.57. The maximum Gasteiger partial charge on any atom is 0.336 e. The minimum Gasteiger partial charge on any atom is -0.478 e. The van der Waals surface area contributed by atoms with Crippen LogP contribution in [0, 0.1) is 17.1 Å². The maximum absolute atomic E-state index is 13.8. The number of carboxylic acid groups (broad SMARTS) is 1. The standard InChI is InChI=1S/C25H17BrClFN2O2/c26-21-8-19(9-23(28)10-21)24(25(31)32)20-13-30(14-20)12-16-5-15(11-29)6-18(7-16)17-1-3-22(27)4-2-17/h1-10H,12-14H2,(H,31,32). The van der Waals surface area contributed by atoms with Gasteiger partial charge in [-0.2, -0.15) is 5.26 Å². The summed E-state index contributed by atoms with van der Waals surface area (Å²) in [4.78, 5) is 13.9. The molecule has 1 N–H and O–H groups in total. The first-order valence-corrected chi connectivity index (χ1v) is 10.9. The van der Waals surface area contributed by atoms with Gasteiger partial charge in [0, 0.05) is 29.1 Å². The number of nitriles is 1. The Morgan fingerprint density at radius 1 is 1.09 bits per heavy atom. The molecule has 0 saturated carbocycles. The summed E-state index contributed by atoms with van der Waals surface area (Å²) >= 11 is 9.20. The summed E-state index contributed by atoms with van der Waals surface area (Å²) in [5.41, 5.74) is 4.61. The molecule has 0 radical (unpaired) electrons. The molecule has 0 bridgehead atoms. The molecule has 1 aliphatic heterocycles. The molecule has 32 heavy (non-hydrogen) atoms. The lowest BCUT2D eigenvalue weighted by molar-refractivity contribution is -0.130. The van der Waals surface area contributed by atoms with Crippen molar-refractivity contribution in [3.05, 3.63) is 98.2 Å². The van der Waals surface area contributed by atoms with Gasteiger partial charge in [0.1, 0.15) is 5.82 Å². The van der Waals surface area contributed by atoms with Crippen LogP contribution >= 0.6 is 27.5 Å². The smallest absolute Gasteiger partial charge is 0.336 e. The molecule has 1 fully saturated rings. The van der Waals surface area contributed by atoms with E-state index in [1.807, 2.05) is 30.3 Å². The van der Waals surface area contributed by atoms with Gasteiger partial charge in [0.15, 0.2) is 0 Å². The SMILES string of the molecule is N#Cc1cc(CN2CC(=C(C(=O)O)c3cc(F)cc(Br)c3)C2)cc(-c2ccc(Cl)cc2)c1. The highest BCUT2D eigenvalue weighted by molar-refractivity contribution is 9.10. The molecular formula is C25H17BrClFN2O2. The average molecular weight is 512 g/mol. The van der Waals surface area contributed by atoms with Gasteiger partial charge >= 0.3 is 5.97 Å². The summed E-state index contributed by atoms with van der Waals surface area (Å²) in [6, 6.07) is 19.4. The number of hydrogen-bond donors (Lipinski definition) is 1. The highest BCUT2D eigenvalue weighted by Crippen LogP contribution is 2.31. The van der Waals surface area contributed by atoms with Gasteiger partial charge in [-0.3, -0.25) is 4.90 Å². The van der Waals surface area contributed by atoms with E-state index >= 15 is 0 Å². The predicted octanol–water partition coefficient (Wildman–Crippen LogP) is 6.13. The normalized spacial score (nSPS) is 13.4. The number of halogens is 3. The number of carbonyl (C=O) groups is 1. The lowest BCUT2D eigenvalue weighted by atomic mass is 9.93. The van der Waals surface area contributed by atoms with Gasteiger partial charge in [0.05, 0.1) is 17.2 Å². The predicted molar refractivity (Wildman–Crippen MR) is 126 cm³/mol. The molecule has 0 amide bonds.